The number of esters is 1. The van der Waals surface area contributed by atoms with Gasteiger partial charge in [-0.05, 0) is 35.9 Å². The van der Waals surface area contributed by atoms with E-state index in [1.54, 1.807) is 13.2 Å². The number of carbonyl (C=O) groups is 1. The molecule has 0 spiro atoms. The number of pyridine rings is 1. The average molecular weight is 507 g/mol. The molecule has 5 aromatic rings. The minimum Gasteiger partial charge on any atom is -0.497 e. The first-order valence-electron chi connectivity index (χ1n) is 11.1. The van der Waals surface area contributed by atoms with Crippen LogP contribution in [-0.2, 0) is 11.2 Å². The number of rotatable bonds is 6. The molecule has 0 atom stereocenters. The van der Waals surface area contributed by atoms with Crippen molar-refractivity contribution in [1.29, 1.82) is 0 Å². The molecular formula is C27H20F3N3O4. The van der Waals surface area contributed by atoms with Crippen molar-refractivity contribution in [2.45, 2.75) is 12.6 Å². The zero-order valence-corrected chi connectivity index (χ0v) is 19.7. The summed E-state index contributed by atoms with van der Waals surface area (Å²) in [5, 5.41) is 9.78. The molecule has 188 valence electrons. The van der Waals surface area contributed by atoms with Crippen LogP contribution in [0, 0.1) is 0 Å². The van der Waals surface area contributed by atoms with Crippen LogP contribution < -0.4 is 14.2 Å². The van der Waals surface area contributed by atoms with Crippen LogP contribution in [0.15, 0.2) is 66.7 Å². The molecule has 0 amide bonds. The number of nitrogens with zero attached hydrogens (tertiary/aromatic N) is 2. The lowest BCUT2D eigenvalue weighted by atomic mass is 9.98. The number of H-pyrrole nitrogens is 1. The summed E-state index contributed by atoms with van der Waals surface area (Å²) in [6.45, 7) is 0. The van der Waals surface area contributed by atoms with Gasteiger partial charge < -0.3 is 14.2 Å². The Morgan fingerprint density at radius 2 is 1.65 bits per heavy atom. The van der Waals surface area contributed by atoms with Crippen LogP contribution in [0.3, 0.4) is 0 Å². The van der Waals surface area contributed by atoms with Crippen molar-refractivity contribution in [1.82, 2.24) is 15.2 Å². The quantitative estimate of drug-likeness (QED) is 0.229. The Bertz CT molecular complexity index is 1600. The van der Waals surface area contributed by atoms with Gasteiger partial charge in [0, 0.05) is 23.4 Å². The summed E-state index contributed by atoms with van der Waals surface area (Å²) in [5.74, 6) is -1.46. The van der Waals surface area contributed by atoms with E-state index in [2.05, 4.69) is 14.9 Å². The topological polar surface area (TPSA) is 86.3 Å². The summed E-state index contributed by atoms with van der Waals surface area (Å²) in [7, 11) is 3.09. The summed E-state index contributed by atoms with van der Waals surface area (Å²) in [6, 6.07) is 19.1. The van der Waals surface area contributed by atoms with Gasteiger partial charge in [0.2, 0.25) is 0 Å². The Hall–Kier alpha value is -4.60. The van der Waals surface area contributed by atoms with E-state index >= 15 is 0 Å². The lowest BCUT2D eigenvalue weighted by molar-refractivity contribution is -0.189. The van der Waals surface area contributed by atoms with Gasteiger partial charge in [0.1, 0.15) is 17.2 Å². The minimum atomic E-state index is -5.09. The van der Waals surface area contributed by atoms with Gasteiger partial charge in [0.15, 0.2) is 5.65 Å². The maximum Gasteiger partial charge on any atom is 0.491 e. The first-order chi connectivity index (χ1) is 17.8. The molecule has 7 nitrogen and oxygen atoms in total. The third-order valence-electron chi connectivity index (χ3n) is 5.87. The summed E-state index contributed by atoms with van der Waals surface area (Å²) in [5.41, 5.74) is 3.46. The molecule has 0 fully saturated rings. The van der Waals surface area contributed by atoms with Gasteiger partial charge in [-0.2, -0.15) is 18.3 Å². The molecule has 37 heavy (non-hydrogen) atoms. The van der Waals surface area contributed by atoms with Crippen molar-refractivity contribution < 1.29 is 32.2 Å². The number of aromatic amines is 1. The molecule has 0 aliphatic carbocycles. The second-order valence-corrected chi connectivity index (χ2v) is 8.18. The number of nitrogens with one attached hydrogen (secondary N) is 1. The van der Waals surface area contributed by atoms with Gasteiger partial charge in [-0.1, -0.05) is 30.3 Å². The van der Waals surface area contributed by atoms with Crippen molar-refractivity contribution in [2.24, 2.45) is 0 Å². The van der Waals surface area contributed by atoms with E-state index in [0.29, 0.717) is 40.2 Å². The van der Waals surface area contributed by atoms with E-state index in [0.717, 1.165) is 22.0 Å². The number of methoxy groups -OCH3 is 2. The number of hydrogen-bond donors (Lipinski definition) is 1. The smallest absolute Gasteiger partial charge is 0.491 e. The van der Waals surface area contributed by atoms with Crippen LogP contribution >= 0.6 is 0 Å². The maximum atomic E-state index is 12.6. The first-order valence-corrected chi connectivity index (χ1v) is 11.1. The Labute approximate surface area is 208 Å². The Morgan fingerprint density at radius 1 is 0.919 bits per heavy atom. The Balaban J connectivity index is 1.68. The van der Waals surface area contributed by atoms with Crippen LogP contribution in [0.2, 0.25) is 0 Å². The second kappa shape index (κ2) is 9.45. The lowest BCUT2D eigenvalue weighted by Crippen LogP contribution is -2.27. The monoisotopic (exact) mass is 507 g/mol. The highest BCUT2D eigenvalue weighted by Gasteiger charge is 2.41. The zero-order chi connectivity index (χ0) is 26.2. The largest absolute Gasteiger partial charge is 0.497 e. The SMILES string of the molecule is COc1cc(OC)c2c(-c3ccc(OC(=O)C(F)(F)F)cc3)nc3[nH]nc(Cc4ccccc4)c3c2c1. The predicted molar refractivity (Wildman–Crippen MR) is 131 cm³/mol. The van der Waals surface area contributed by atoms with Gasteiger partial charge in [-0.15, -0.1) is 0 Å². The second-order valence-electron chi connectivity index (χ2n) is 8.18. The molecule has 1 N–H and O–H groups in total. The lowest BCUT2D eigenvalue weighted by Gasteiger charge is -2.14. The number of alkyl halides is 3. The van der Waals surface area contributed by atoms with Crippen molar-refractivity contribution in [3.05, 3.63) is 78.0 Å². The van der Waals surface area contributed by atoms with Gasteiger partial charge in [0.05, 0.1) is 36.4 Å². The van der Waals surface area contributed by atoms with Crippen LogP contribution in [0.25, 0.3) is 33.1 Å². The molecule has 0 saturated carbocycles. The highest BCUT2D eigenvalue weighted by molar-refractivity contribution is 6.14. The highest BCUT2D eigenvalue weighted by atomic mass is 19.4. The fraction of sp³-hybridized carbons (Fsp3) is 0.148. The molecule has 0 aliphatic rings. The van der Waals surface area contributed by atoms with Gasteiger partial charge in [0.25, 0.3) is 0 Å². The third-order valence-corrected chi connectivity index (χ3v) is 5.87. The maximum absolute atomic E-state index is 12.6. The van der Waals surface area contributed by atoms with Crippen LogP contribution in [0.4, 0.5) is 13.2 Å². The van der Waals surface area contributed by atoms with Crippen molar-refractivity contribution in [2.75, 3.05) is 14.2 Å². The van der Waals surface area contributed by atoms with E-state index in [9.17, 15) is 18.0 Å². The molecule has 0 radical (unpaired) electrons. The number of hydrogen-bond acceptors (Lipinski definition) is 6. The molecule has 5 rings (SSSR count). The number of fused-ring (bicyclic) bond motifs is 3. The zero-order valence-electron chi connectivity index (χ0n) is 19.7. The Kier molecular flexibility index (Phi) is 6.16. The Morgan fingerprint density at radius 3 is 2.30 bits per heavy atom. The molecule has 0 aliphatic heterocycles. The molecule has 3 aromatic carbocycles. The first kappa shape index (κ1) is 24.1. The van der Waals surface area contributed by atoms with Crippen LogP contribution in [0.1, 0.15) is 11.3 Å². The van der Waals surface area contributed by atoms with Crippen molar-refractivity contribution >= 4 is 27.8 Å². The van der Waals surface area contributed by atoms with Gasteiger partial charge in [-0.25, -0.2) is 9.78 Å². The molecule has 0 saturated heterocycles. The molecule has 0 bridgehead atoms. The molecule has 2 aromatic heterocycles. The normalized spacial score (nSPS) is 11.6. The fourth-order valence-corrected chi connectivity index (χ4v) is 4.18. The predicted octanol–water partition coefficient (Wildman–Crippen LogP) is 5.85. The number of halogens is 3. The van der Waals surface area contributed by atoms with E-state index in [1.807, 2.05) is 36.4 Å². The molecule has 2 heterocycles. The standard InChI is InChI=1S/C27H20F3N3O4/c1-35-18-13-19-22-20(12-15-6-4-3-5-7-15)32-33-25(22)31-24(23(19)21(14-18)36-2)16-8-10-17(11-9-16)37-26(34)27(28,29)30/h3-11,13-14H,12H2,1-2H3,(H,31,32,33). The average Bonchev–Trinajstić information content (AvgIpc) is 3.30. The van der Waals surface area contributed by atoms with E-state index in [4.69, 9.17) is 14.5 Å². The highest BCUT2D eigenvalue weighted by Crippen LogP contribution is 2.41. The number of benzene rings is 3. The van der Waals surface area contributed by atoms with E-state index in [1.165, 1.54) is 31.4 Å². The minimum absolute atomic E-state index is 0.239. The number of aromatic nitrogens is 3. The third kappa shape index (κ3) is 4.65. The number of ether oxygens (including phenoxy) is 3. The summed E-state index contributed by atoms with van der Waals surface area (Å²) in [6.07, 6.45) is -4.53. The molecule has 10 heteroatoms. The molecular weight excluding hydrogens is 487 g/mol. The van der Waals surface area contributed by atoms with Crippen LogP contribution in [0.5, 0.6) is 17.2 Å². The summed E-state index contributed by atoms with van der Waals surface area (Å²) in [4.78, 5) is 16.0. The summed E-state index contributed by atoms with van der Waals surface area (Å²) < 4.78 is 53.3. The fourth-order valence-electron chi connectivity index (χ4n) is 4.18. The van der Waals surface area contributed by atoms with Crippen molar-refractivity contribution in [3.63, 3.8) is 0 Å². The van der Waals surface area contributed by atoms with Gasteiger partial charge >= 0.3 is 12.1 Å². The van der Waals surface area contributed by atoms with Crippen molar-refractivity contribution in [3.8, 4) is 28.5 Å². The molecule has 0 unspecified atom stereocenters. The number of carbonyl (C=O) groups excluding carboxylic acids is 1. The summed E-state index contributed by atoms with van der Waals surface area (Å²) >= 11 is 0. The van der Waals surface area contributed by atoms with Gasteiger partial charge in [-0.3, -0.25) is 5.10 Å². The van der Waals surface area contributed by atoms with E-state index < -0.39 is 12.1 Å². The van der Waals surface area contributed by atoms with Crippen LogP contribution in [-0.4, -0.2) is 41.5 Å². The van der Waals surface area contributed by atoms with E-state index in [-0.39, 0.29) is 5.75 Å².